The molecule has 2 amide bonds. The lowest BCUT2D eigenvalue weighted by molar-refractivity contribution is -0.143. The van der Waals surface area contributed by atoms with Gasteiger partial charge < -0.3 is 15.0 Å². The van der Waals surface area contributed by atoms with Crippen molar-refractivity contribution in [2.24, 2.45) is 0 Å². The standard InChI is InChI=1S/C23H28Cl2N2O3/c1-3-5-13-26-23(29)20(4-2)27(15-17-9-7-6-8-10-17)22(28)16-30-21-12-11-18(24)14-19(21)25/h6-12,14,20H,3-5,13,15-16H2,1-2H3,(H,26,29)/t20-/m1/s1. The number of nitrogens with zero attached hydrogens (tertiary/aromatic N) is 1. The van der Waals surface area contributed by atoms with Crippen LogP contribution in [0.1, 0.15) is 38.7 Å². The van der Waals surface area contributed by atoms with Gasteiger partial charge in [0.05, 0.1) is 5.02 Å². The molecule has 0 saturated carbocycles. The van der Waals surface area contributed by atoms with Gasteiger partial charge >= 0.3 is 0 Å². The van der Waals surface area contributed by atoms with Crippen molar-refractivity contribution in [3.8, 4) is 5.75 Å². The minimum Gasteiger partial charge on any atom is -0.482 e. The normalized spacial score (nSPS) is 11.6. The van der Waals surface area contributed by atoms with Crippen LogP contribution in [0.5, 0.6) is 5.75 Å². The Morgan fingerprint density at radius 1 is 1.10 bits per heavy atom. The Labute approximate surface area is 188 Å². The Morgan fingerprint density at radius 2 is 1.83 bits per heavy atom. The number of amides is 2. The van der Waals surface area contributed by atoms with E-state index in [4.69, 9.17) is 27.9 Å². The topological polar surface area (TPSA) is 58.6 Å². The third-order valence-corrected chi connectivity index (χ3v) is 5.19. The molecule has 162 valence electrons. The molecule has 2 aromatic carbocycles. The summed E-state index contributed by atoms with van der Waals surface area (Å²) in [5.74, 6) is -0.0726. The molecule has 0 saturated heterocycles. The highest BCUT2D eigenvalue weighted by Gasteiger charge is 2.28. The lowest BCUT2D eigenvalue weighted by Gasteiger charge is -2.30. The van der Waals surface area contributed by atoms with Crippen LogP contribution < -0.4 is 10.1 Å². The van der Waals surface area contributed by atoms with Gasteiger partial charge in [-0.25, -0.2) is 0 Å². The van der Waals surface area contributed by atoms with Crippen LogP contribution in [-0.4, -0.2) is 35.9 Å². The predicted octanol–water partition coefficient (Wildman–Crippen LogP) is 5.10. The zero-order valence-corrected chi connectivity index (χ0v) is 18.9. The van der Waals surface area contributed by atoms with Gasteiger partial charge in [-0.15, -0.1) is 0 Å². The summed E-state index contributed by atoms with van der Waals surface area (Å²) >= 11 is 12.0. The number of benzene rings is 2. The molecule has 0 spiro atoms. The molecule has 2 rings (SSSR count). The molecular formula is C23H28Cl2N2O3. The number of halogens is 2. The minimum absolute atomic E-state index is 0.153. The van der Waals surface area contributed by atoms with Gasteiger partial charge in [-0.1, -0.05) is 73.8 Å². The zero-order chi connectivity index (χ0) is 21.9. The quantitative estimate of drug-likeness (QED) is 0.484. The lowest BCUT2D eigenvalue weighted by atomic mass is 10.1. The molecule has 0 aliphatic heterocycles. The second-order valence-corrected chi connectivity index (χ2v) is 7.78. The largest absolute Gasteiger partial charge is 0.482 e. The number of hydrogen-bond acceptors (Lipinski definition) is 3. The van der Waals surface area contributed by atoms with Crippen LogP contribution in [-0.2, 0) is 16.1 Å². The molecule has 0 radical (unpaired) electrons. The summed E-state index contributed by atoms with van der Waals surface area (Å²) in [6.45, 7) is 4.64. The first-order valence-corrected chi connectivity index (χ1v) is 10.9. The molecular weight excluding hydrogens is 423 g/mol. The van der Waals surface area contributed by atoms with Crippen molar-refractivity contribution in [2.75, 3.05) is 13.2 Å². The van der Waals surface area contributed by atoms with Crippen molar-refractivity contribution in [3.63, 3.8) is 0 Å². The molecule has 1 atom stereocenters. The van der Waals surface area contributed by atoms with E-state index in [0.717, 1.165) is 18.4 Å². The van der Waals surface area contributed by atoms with Crippen molar-refractivity contribution in [3.05, 3.63) is 64.1 Å². The smallest absolute Gasteiger partial charge is 0.261 e. The second kappa shape index (κ2) is 12.5. The molecule has 1 N–H and O–H groups in total. The molecule has 0 bridgehead atoms. The number of carbonyl (C=O) groups excluding carboxylic acids is 2. The van der Waals surface area contributed by atoms with Crippen LogP contribution >= 0.6 is 23.2 Å². The Morgan fingerprint density at radius 3 is 2.47 bits per heavy atom. The molecule has 30 heavy (non-hydrogen) atoms. The highest BCUT2D eigenvalue weighted by molar-refractivity contribution is 6.35. The van der Waals surface area contributed by atoms with Crippen LogP contribution in [0.3, 0.4) is 0 Å². The fraction of sp³-hybridized carbons (Fsp3) is 0.391. The van der Waals surface area contributed by atoms with Crippen LogP contribution in [0, 0.1) is 0 Å². The third kappa shape index (κ3) is 7.22. The van der Waals surface area contributed by atoms with E-state index >= 15 is 0 Å². The number of carbonyl (C=O) groups is 2. The Kier molecular flexibility index (Phi) is 9.98. The molecule has 2 aromatic rings. The van der Waals surface area contributed by atoms with Gasteiger partial charge in [0.25, 0.3) is 5.91 Å². The van der Waals surface area contributed by atoms with Gasteiger partial charge in [0, 0.05) is 18.1 Å². The van der Waals surface area contributed by atoms with Gasteiger partial charge in [-0.2, -0.15) is 0 Å². The van der Waals surface area contributed by atoms with E-state index in [2.05, 4.69) is 12.2 Å². The van der Waals surface area contributed by atoms with Crippen molar-refractivity contribution in [2.45, 2.75) is 45.7 Å². The number of nitrogens with one attached hydrogen (secondary N) is 1. The van der Waals surface area contributed by atoms with E-state index in [9.17, 15) is 9.59 Å². The fourth-order valence-corrected chi connectivity index (χ4v) is 3.48. The molecule has 0 unspecified atom stereocenters. The van der Waals surface area contributed by atoms with E-state index in [1.165, 1.54) is 0 Å². The Balaban J connectivity index is 2.16. The van der Waals surface area contributed by atoms with Crippen molar-refractivity contribution in [1.29, 1.82) is 0 Å². The first-order valence-electron chi connectivity index (χ1n) is 10.1. The summed E-state index contributed by atoms with van der Waals surface area (Å²) in [7, 11) is 0. The molecule has 0 aromatic heterocycles. The van der Waals surface area contributed by atoms with Crippen LogP contribution in [0.4, 0.5) is 0 Å². The van der Waals surface area contributed by atoms with Gasteiger partial charge in [-0.05, 0) is 36.6 Å². The summed E-state index contributed by atoms with van der Waals surface area (Å²) in [6.07, 6.45) is 2.38. The highest BCUT2D eigenvalue weighted by atomic mass is 35.5. The highest BCUT2D eigenvalue weighted by Crippen LogP contribution is 2.27. The maximum atomic E-state index is 13.1. The van der Waals surface area contributed by atoms with E-state index < -0.39 is 6.04 Å². The number of ether oxygens (including phenoxy) is 1. The molecule has 0 fully saturated rings. The van der Waals surface area contributed by atoms with Gasteiger partial charge in [0.2, 0.25) is 5.91 Å². The van der Waals surface area contributed by atoms with Gasteiger partial charge in [0.15, 0.2) is 6.61 Å². The predicted molar refractivity (Wildman–Crippen MR) is 121 cm³/mol. The summed E-state index contributed by atoms with van der Waals surface area (Å²) in [6, 6.07) is 13.8. The lowest BCUT2D eigenvalue weighted by Crippen LogP contribution is -2.50. The van der Waals surface area contributed by atoms with Gasteiger partial charge in [-0.3, -0.25) is 9.59 Å². The van der Waals surface area contributed by atoms with Crippen molar-refractivity contribution < 1.29 is 14.3 Å². The SMILES string of the molecule is CCCCNC(=O)[C@@H](CC)N(Cc1ccccc1)C(=O)COc1ccc(Cl)cc1Cl. The summed E-state index contributed by atoms with van der Waals surface area (Å²) in [5, 5.41) is 3.75. The van der Waals surface area contributed by atoms with Crippen LogP contribution in [0.15, 0.2) is 48.5 Å². The van der Waals surface area contributed by atoms with Crippen LogP contribution in [0.25, 0.3) is 0 Å². The molecule has 5 nitrogen and oxygen atoms in total. The molecule has 7 heteroatoms. The average molecular weight is 451 g/mol. The Hall–Kier alpha value is -2.24. The number of unbranched alkanes of at least 4 members (excludes halogenated alkanes) is 1. The monoisotopic (exact) mass is 450 g/mol. The first-order chi connectivity index (χ1) is 14.5. The molecule has 0 aliphatic carbocycles. The fourth-order valence-electron chi connectivity index (χ4n) is 3.02. The maximum absolute atomic E-state index is 13.1. The third-order valence-electron chi connectivity index (χ3n) is 4.66. The minimum atomic E-state index is -0.584. The zero-order valence-electron chi connectivity index (χ0n) is 17.4. The van der Waals surface area contributed by atoms with E-state index in [1.807, 2.05) is 37.3 Å². The number of rotatable bonds is 11. The summed E-state index contributed by atoms with van der Waals surface area (Å²) in [5.41, 5.74) is 0.940. The maximum Gasteiger partial charge on any atom is 0.261 e. The summed E-state index contributed by atoms with van der Waals surface area (Å²) in [4.78, 5) is 27.4. The number of hydrogen-bond donors (Lipinski definition) is 1. The van der Waals surface area contributed by atoms with Crippen molar-refractivity contribution in [1.82, 2.24) is 10.2 Å². The van der Waals surface area contributed by atoms with Crippen LogP contribution in [0.2, 0.25) is 10.0 Å². The summed E-state index contributed by atoms with van der Waals surface area (Å²) < 4.78 is 5.63. The van der Waals surface area contributed by atoms with E-state index in [0.29, 0.717) is 35.3 Å². The van der Waals surface area contributed by atoms with E-state index in [-0.39, 0.29) is 18.4 Å². The van der Waals surface area contributed by atoms with E-state index in [1.54, 1.807) is 23.1 Å². The molecule has 0 aliphatic rings. The average Bonchev–Trinajstić information content (AvgIpc) is 2.73. The Bertz CT molecular complexity index is 830. The van der Waals surface area contributed by atoms with Crippen molar-refractivity contribution >= 4 is 35.0 Å². The molecule has 0 heterocycles. The first kappa shape index (κ1) is 24.0. The second-order valence-electron chi connectivity index (χ2n) is 6.94. The van der Waals surface area contributed by atoms with Gasteiger partial charge in [0.1, 0.15) is 11.8 Å².